The number of amides is 1. The van der Waals surface area contributed by atoms with Gasteiger partial charge < -0.3 is 24.2 Å². The van der Waals surface area contributed by atoms with Crippen molar-refractivity contribution in [3.05, 3.63) is 70.2 Å². The third-order valence-corrected chi connectivity index (χ3v) is 6.36. The molecule has 0 spiro atoms. The molecule has 2 N–H and O–H groups in total. The van der Waals surface area contributed by atoms with Crippen molar-refractivity contribution >= 4 is 25.5 Å². The van der Waals surface area contributed by atoms with Gasteiger partial charge in [-0.3, -0.25) is 9.36 Å². The Morgan fingerprint density at radius 3 is 3.00 bits per heavy atom. The summed E-state index contributed by atoms with van der Waals surface area (Å²) in [6.07, 6.45) is 3.23. The van der Waals surface area contributed by atoms with E-state index in [0.29, 0.717) is 15.8 Å². The summed E-state index contributed by atoms with van der Waals surface area (Å²) in [7, 11) is -2.99. The van der Waals surface area contributed by atoms with E-state index < -0.39 is 8.25 Å². The summed E-state index contributed by atoms with van der Waals surface area (Å²) in [4.78, 5) is 25.2. The number of aromatic nitrogens is 1. The Bertz CT molecular complexity index is 1140. The molecule has 32 heavy (non-hydrogen) atoms. The van der Waals surface area contributed by atoms with Gasteiger partial charge in [0.05, 0.1) is 12.8 Å². The van der Waals surface area contributed by atoms with Gasteiger partial charge in [-0.05, 0) is 54.7 Å². The van der Waals surface area contributed by atoms with E-state index in [4.69, 9.17) is 14.4 Å². The van der Waals surface area contributed by atoms with Crippen LogP contribution in [-0.2, 0) is 15.5 Å². The first-order valence-corrected chi connectivity index (χ1v) is 12.2. The van der Waals surface area contributed by atoms with Gasteiger partial charge in [-0.1, -0.05) is 35.6 Å². The summed E-state index contributed by atoms with van der Waals surface area (Å²) in [6.45, 7) is 2.18. The minimum atomic E-state index is -2.99. The lowest BCUT2D eigenvalue weighted by atomic mass is 9.95. The Balaban J connectivity index is 1.36. The van der Waals surface area contributed by atoms with E-state index in [1.165, 1.54) is 17.3 Å². The maximum Gasteiger partial charge on any atom is 0.316 e. The highest BCUT2D eigenvalue weighted by molar-refractivity contribution is 7.32. The zero-order valence-corrected chi connectivity index (χ0v) is 19.2. The summed E-state index contributed by atoms with van der Waals surface area (Å²) < 4.78 is 27.1. The molecule has 2 atom stereocenters. The van der Waals surface area contributed by atoms with Crippen molar-refractivity contribution in [1.82, 2.24) is 10.3 Å². The van der Waals surface area contributed by atoms with Crippen LogP contribution in [0.3, 0.4) is 0 Å². The predicted molar refractivity (Wildman–Crippen MR) is 121 cm³/mol. The lowest BCUT2D eigenvalue weighted by Crippen LogP contribution is -2.25. The van der Waals surface area contributed by atoms with Crippen LogP contribution in [0, 0.1) is 6.92 Å². The van der Waals surface area contributed by atoms with Gasteiger partial charge in [0.1, 0.15) is 22.5 Å². The standard InChI is InChI=1S/C22H23N2O6PS/c1-14-4-2-3-5-17(14)19-8-6-15-12-16(7-9-18(15)30-19)29-22-24-13-20(32-22)21(25)23-10-11-28-31(26)27/h2-5,7,9,12-13,19,31H,6,8,10-11H2,1H3,(H,23,25)(H,26,27)/t19-/m0/s1. The normalized spacial score (nSPS) is 16.0. The molecule has 2 aromatic carbocycles. The second-order valence-electron chi connectivity index (χ2n) is 7.23. The van der Waals surface area contributed by atoms with E-state index >= 15 is 0 Å². The monoisotopic (exact) mass is 474 g/mol. The summed E-state index contributed by atoms with van der Waals surface area (Å²) in [5, 5.41) is 2.94. The first kappa shape index (κ1) is 22.5. The number of hydrogen-bond acceptors (Lipinski definition) is 7. The molecule has 1 aromatic heterocycles. The van der Waals surface area contributed by atoms with Crippen LogP contribution in [-0.4, -0.2) is 28.9 Å². The molecule has 1 aliphatic heterocycles. The zero-order valence-electron chi connectivity index (χ0n) is 17.4. The van der Waals surface area contributed by atoms with Crippen LogP contribution in [0.2, 0.25) is 0 Å². The van der Waals surface area contributed by atoms with Gasteiger partial charge in [0.25, 0.3) is 11.1 Å². The van der Waals surface area contributed by atoms with Gasteiger partial charge in [0, 0.05) is 6.54 Å². The van der Waals surface area contributed by atoms with E-state index in [9.17, 15) is 9.36 Å². The van der Waals surface area contributed by atoms with Crippen molar-refractivity contribution in [3.8, 4) is 16.7 Å². The number of benzene rings is 2. The fourth-order valence-corrected chi connectivity index (χ4v) is 4.47. The number of hydrogen-bond donors (Lipinski definition) is 2. The Kier molecular flexibility index (Phi) is 7.22. The molecular formula is C22H23N2O6PS. The molecule has 3 aromatic rings. The number of carbonyl (C=O) groups excluding carboxylic acids is 1. The molecule has 0 radical (unpaired) electrons. The summed E-state index contributed by atoms with van der Waals surface area (Å²) >= 11 is 1.11. The Morgan fingerprint density at radius 1 is 1.34 bits per heavy atom. The summed E-state index contributed by atoms with van der Waals surface area (Å²) in [5.74, 6) is 1.13. The lowest BCUT2D eigenvalue weighted by Gasteiger charge is -2.27. The molecule has 2 heterocycles. The van der Waals surface area contributed by atoms with Gasteiger partial charge in [0.15, 0.2) is 0 Å². The van der Waals surface area contributed by atoms with E-state index in [0.717, 1.165) is 35.5 Å². The second-order valence-corrected chi connectivity index (χ2v) is 9.05. The van der Waals surface area contributed by atoms with Crippen molar-refractivity contribution in [2.24, 2.45) is 0 Å². The van der Waals surface area contributed by atoms with Crippen LogP contribution in [0.1, 0.15) is 38.9 Å². The third-order valence-electron chi connectivity index (χ3n) is 5.04. The van der Waals surface area contributed by atoms with Crippen molar-refractivity contribution < 1.29 is 28.3 Å². The lowest BCUT2D eigenvalue weighted by molar-refractivity contribution is 0.0950. The summed E-state index contributed by atoms with van der Waals surface area (Å²) in [6, 6.07) is 14.0. The Labute approximate surface area is 190 Å². The molecule has 1 aliphatic rings. The van der Waals surface area contributed by atoms with Crippen LogP contribution in [0.25, 0.3) is 0 Å². The number of carbonyl (C=O) groups is 1. The van der Waals surface area contributed by atoms with Crippen LogP contribution >= 0.6 is 19.6 Å². The van der Waals surface area contributed by atoms with E-state index in [2.05, 4.69) is 33.9 Å². The molecule has 4 rings (SSSR count). The largest absolute Gasteiger partial charge is 0.485 e. The maximum absolute atomic E-state index is 12.1. The molecule has 0 saturated heterocycles. The highest BCUT2D eigenvalue weighted by atomic mass is 32.1. The number of aryl methyl sites for hydroxylation is 2. The average molecular weight is 474 g/mol. The van der Waals surface area contributed by atoms with Crippen LogP contribution in [0.4, 0.5) is 0 Å². The van der Waals surface area contributed by atoms with Crippen molar-refractivity contribution in [2.75, 3.05) is 13.2 Å². The predicted octanol–water partition coefficient (Wildman–Crippen LogP) is 4.44. The maximum atomic E-state index is 12.1. The van der Waals surface area contributed by atoms with Crippen molar-refractivity contribution in [1.29, 1.82) is 0 Å². The molecule has 168 valence electrons. The topological polar surface area (TPSA) is 107 Å². The highest BCUT2D eigenvalue weighted by Crippen LogP contribution is 2.38. The SMILES string of the molecule is Cc1ccccc1[C@@H]1CCc2cc(Oc3ncc(C(=O)NCCO[PH](=O)O)s3)ccc2O1. The molecule has 1 amide bonds. The van der Waals surface area contributed by atoms with Gasteiger partial charge in [-0.2, -0.15) is 0 Å². The minimum absolute atomic E-state index is 0.0376. The number of rotatable bonds is 8. The summed E-state index contributed by atoms with van der Waals surface area (Å²) in [5.41, 5.74) is 3.51. The minimum Gasteiger partial charge on any atom is -0.485 e. The van der Waals surface area contributed by atoms with Gasteiger partial charge in [0.2, 0.25) is 0 Å². The molecule has 1 unspecified atom stereocenters. The number of nitrogens with zero attached hydrogens (tertiary/aromatic N) is 1. The number of ether oxygens (including phenoxy) is 2. The van der Waals surface area contributed by atoms with Gasteiger partial charge in [-0.25, -0.2) is 4.98 Å². The first-order chi connectivity index (χ1) is 15.5. The first-order valence-electron chi connectivity index (χ1n) is 10.1. The van der Waals surface area contributed by atoms with Gasteiger partial charge >= 0.3 is 8.25 Å². The van der Waals surface area contributed by atoms with Crippen molar-refractivity contribution in [3.63, 3.8) is 0 Å². The van der Waals surface area contributed by atoms with Crippen LogP contribution in [0.5, 0.6) is 16.7 Å². The molecule has 10 heteroatoms. The third kappa shape index (κ3) is 5.55. The fraction of sp³-hybridized carbons (Fsp3) is 0.273. The quantitative estimate of drug-likeness (QED) is 0.367. The zero-order chi connectivity index (χ0) is 22.5. The second kappa shape index (κ2) is 10.3. The smallest absolute Gasteiger partial charge is 0.316 e. The molecule has 0 saturated carbocycles. The number of fused-ring (bicyclic) bond motifs is 1. The molecule has 0 bridgehead atoms. The van der Waals surface area contributed by atoms with E-state index in [1.807, 2.05) is 30.3 Å². The fourth-order valence-electron chi connectivity index (χ4n) is 3.50. The molecule has 0 aliphatic carbocycles. The number of nitrogens with one attached hydrogen (secondary N) is 1. The van der Waals surface area contributed by atoms with Crippen LogP contribution in [0.15, 0.2) is 48.7 Å². The van der Waals surface area contributed by atoms with E-state index in [-0.39, 0.29) is 25.2 Å². The molecular weight excluding hydrogens is 451 g/mol. The highest BCUT2D eigenvalue weighted by Gasteiger charge is 2.23. The van der Waals surface area contributed by atoms with Crippen molar-refractivity contribution in [2.45, 2.75) is 25.9 Å². The average Bonchev–Trinajstić information content (AvgIpc) is 3.25. The van der Waals surface area contributed by atoms with E-state index in [1.54, 1.807) is 0 Å². The number of thiazole rings is 1. The Morgan fingerprint density at radius 2 is 2.19 bits per heavy atom. The van der Waals surface area contributed by atoms with Gasteiger partial charge in [-0.15, -0.1) is 0 Å². The Hall–Kier alpha value is -2.71. The molecule has 0 fully saturated rings. The van der Waals surface area contributed by atoms with Crippen LogP contribution < -0.4 is 14.8 Å². The molecule has 8 nitrogen and oxygen atoms in total.